The average molecular weight is 1320 g/mol. The van der Waals surface area contributed by atoms with Gasteiger partial charge in [-0.05, 0) is 62.8 Å². The molecule has 37 heteroatoms. The summed E-state index contributed by atoms with van der Waals surface area (Å²) in [5.74, 6) is -13.8. The summed E-state index contributed by atoms with van der Waals surface area (Å²) in [6.45, 7) is -1.91. The first-order chi connectivity index (χ1) is 43.9. The predicted molar refractivity (Wildman–Crippen MR) is 323 cm³/mol. The Labute approximate surface area is 530 Å². The van der Waals surface area contributed by atoms with E-state index in [9.17, 15) is 104 Å². The Morgan fingerprint density at radius 1 is 0.624 bits per heavy atom. The molecule has 0 aliphatic rings. The normalized spacial score (nSPS) is 15.6. The molecule has 0 unspecified atom stereocenters. The van der Waals surface area contributed by atoms with E-state index in [0.717, 1.165) is 0 Å². The molecule has 0 fully saturated rings. The van der Waals surface area contributed by atoms with Crippen LogP contribution in [-0.2, 0) is 49.7 Å². The molecule has 3 rings (SSSR count). The number of nitrogen functional groups attached to an aromatic ring is 1. The fourth-order valence-corrected chi connectivity index (χ4v) is 9.02. The van der Waals surface area contributed by atoms with Gasteiger partial charge in [-0.3, -0.25) is 57.9 Å². The number of aromatic amines is 1. The molecule has 13 atom stereocenters. The molecule has 5 amide bonds. The van der Waals surface area contributed by atoms with Gasteiger partial charge in [0, 0.05) is 87.7 Å². The van der Waals surface area contributed by atoms with E-state index in [1.54, 1.807) is 0 Å². The van der Waals surface area contributed by atoms with Crippen molar-refractivity contribution in [2.45, 2.75) is 164 Å². The molecular weight excluding hydrogens is 1240 g/mol. The molecule has 2 heterocycles. The summed E-state index contributed by atoms with van der Waals surface area (Å²) in [5, 5.41) is 133. The summed E-state index contributed by atoms with van der Waals surface area (Å²) in [7, 11) is 0. The number of hydrogen-bond acceptors (Lipinski definition) is 27. The number of aliphatic imine (C=N–C) groups is 1. The molecule has 0 saturated heterocycles. The summed E-state index contributed by atoms with van der Waals surface area (Å²) in [4.78, 5) is 164. The van der Waals surface area contributed by atoms with Gasteiger partial charge in [0.05, 0.1) is 55.9 Å². The minimum Gasteiger partial charge on any atom is -0.481 e. The molecule has 1 aromatic carbocycles. The number of aliphatic hydroxyl groups excluding tert-OH is 10. The van der Waals surface area contributed by atoms with Gasteiger partial charge >= 0.3 is 11.9 Å². The zero-order valence-corrected chi connectivity index (χ0v) is 50.7. The van der Waals surface area contributed by atoms with Crippen LogP contribution in [0.1, 0.15) is 106 Å². The number of carbonyl (C=O) groups excluding carboxylic acids is 8. The summed E-state index contributed by atoms with van der Waals surface area (Å²) in [6.07, 6.45) is -21.1. The molecule has 0 aliphatic heterocycles. The minimum atomic E-state index is -2.09. The molecule has 0 aliphatic carbocycles. The number of aromatic nitrogens is 4. The third kappa shape index (κ3) is 27.1. The van der Waals surface area contributed by atoms with Crippen molar-refractivity contribution in [3.8, 4) is 0 Å². The molecule has 93 heavy (non-hydrogen) atoms. The largest absolute Gasteiger partial charge is 0.481 e. The van der Waals surface area contributed by atoms with Crippen LogP contribution in [0.2, 0.25) is 0 Å². The smallest absolute Gasteiger partial charge is 0.326 e. The van der Waals surface area contributed by atoms with Crippen LogP contribution in [0.4, 0.5) is 11.6 Å². The molecule has 0 bridgehead atoms. The second-order valence-electron chi connectivity index (χ2n) is 21.7. The highest BCUT2D eigenvalue weighted by Crippen LogP contribution is 2.21. The topological polar surface area (TPSA) is 648 Å². The first-order valence-electron chi connectivity index (χ1n) is 29.4. The number of benzene rings is 1. The molecule has 2 aromatic heterocycles. The van der Waals surface area contributed by atoms with Gasteiger partial charge in [-0.25, -0.2) is 14.8 Å². The van der Waals surface area contributed by atoms with Gasteiger partial charge in [-0.1, -0.05) is 6.92 Å². The number of fused-ring (bicyclic) bond motifs is 1. The van der Waals surface area contributed by atoms with Crippen LogP contribution in [0.3, 0.4) is 0 Å². The van der Waals surface area contributed by atoms with E-state index in [2.05, 4.69) is 56.8 Å². The van der Waals surface area contributed by atoms with Crippen molar-refractivity contribution >= 4 is 87.6 Å². The maximum Gasteiger partial charge on any atom is 0.326 e. The molecule has 0 spiro atoms. The molecule has 0 saturated carbocycles. The highest BCUT2D eigenvalue weighted by atomic mass is 16.4. The molecular formula is C56H84N14O23. The van der Waals surface area contributed by atoms with Gasteiger partial charge in [0.2, 0.25) is 29.6 Å². The van der Waals surface area contributed by atoms with E-state index < -0.39 is 234 Å². The lowest BCUT2D eigenvalue weighted by molar-refractivity contribution is -0.140. The number of guanidine groups is 1. The third-order valence-electron chi connectivity index (χ3n) is 14.5. The van der Waals surface area contributed by atoms with Crippen molar-refractivity contribution in [2.75, 3.05) is 43.9 Å². The maximum absolute atomic E-state index is 14.4. The number of carbonyl (C=O) groups is 10. The number of H-pyrrole nitrogens is 1. The summed E-state index contributed by atoms with van der Waals surface area (Å²) < 4.78 is 0. The molecule has 37 nitrogen and oxygen atoms in total. The van der Waals surface area contributed by atoms with Crippen LogP contribution in [0.5, 0.6) is 0 Å². The van der Waals surface area contributed by atoms with Crippen LogP contribution in [0.25, 0.3) is 11.2 Å². The van der Waals surface area contributed by atoms with Crippen LogP contribution >= 0.6 is 0 Å². The number of hydrogen-bond donors (Lipinski definition) is 22. The van der Waals surface area contributed by atoms with Gasteiger partial charge in [0.1, 0.15) is 48.4 Å². The molecule has 0 radical (unpaired) electrons. The van der Waals surface area contributed by atoms with Crippen LogP contribution in [0, 0.1) is 11.8 Å². The lowest BCUT2D eigenvalue weighted by Gasteiger charge is -2.26. The van der Waals surface area contributed by atoms with Crippen molar-refractivity contribution in [3.63, 3.8) is 0 Å². The van der Waals surface area contributed by atoms with Gasteiger partial charge in [0.25, 0.3) is 11.5 Å². The Balaban J connectivity index is 1.89. The number of rotatable bonds is 45. The van der Waals surface area contributed by atoms with Gasteiger partial charge < -0.3 is 110 Å². The fraction of sp³-hybridized carbons (Fsp3) is 0.589. The van der Waals surface area contributed by atoms with E-state index in [0.29, 0.717) is 11.4 Å². The van der Waals surface area contributed by atoms with Crippen LogP contribution in [0.15, 0.2) is 40.2 Å². The van der Waals surface area contributed by atoms with Crippen LogP contribution in [-0.4, -0.2) is 246 Å². The second kappa shape index (κ2) is 39.6. The number of nitrogens with one attached hydrogen (secondary N) is 7. The first-order valence-corrected chi connectivity index (χ1v) is 29.4. The lowest BCUT2D eigenvalue weighted by atomic mass is 9.89. The number of aliphatic hydroxyl groups is 10. The van der Waals surface area contributed by atoms with Crippen LogP contribution < -0.4 is 54.7 Å². The Morgan fingerprint density at radius 2 is 1.14 bits per heavy atom. The molecule has 3 aromatic rings. The van der Waals surface area contributed by atoms with E-state index in [-0.39, 0.29) is 61.0 Å². The van der Waals surface area contributed by atoms with Crippen molar-refractivity contribution in [2.24, 2.45) is 28.3 Å². The average Bonchev–Trinajstić information content (AvgIpc) is 0.938. The Hall–Kier alpha value is -8.79. The van der Waals surface area contributed by atoms with E-state index in [1.807, 2.05) is 0 Å². The number of ketones is 3. The highest BCUT2D eigenvalue weighted by molar-refractivity contribution is 5.98. The predicted octanol–water partition coefficient (Wildman–Crippen LogP) is -7.45. The SMILES string of the molecule is CCC(=O)[C@H](CCCN=C(N)N)NC(=O)[C@H](CCC(=O)NC[C@H](O)[C@@H](O)[C@H](O)[C@H](O)CO)CC(=O)[C@H](CCC(=O)O)NC(=O)[C@H](CCC(=O)NC[C@H](O)[C@@H](O)[C@H](O)[C@H](O)CO)CC(=O)CC[C@H](NC(=O)c1ccc(NCc2cnc3nc(N)[nH]c(=O)c3n2)cc1)C(=O)O. The van der Waals surface area contributed by atoms with Crippen molar-refractivity contribution in [3.05, 3.63) is 52.1 Å². The Morgan fingerprint density at radius 3 is 1.65 bits per heavy atom. The third-order valence-corrected chi connectivity index (χ3v) is 14.5. The first kappa shape index (κ1) is 78.5. The number of Topliss-reactive ketones (excluding diaryl/α,β-unsaturated/α-hetero) is 3. The van der Waals surface area contributed by atoms with Gasteiger partial charge in [0.15, 0.2) is 28.7 Å². The number of carboxylic acids is 2. The molecule has 25 N–H and O–H groups in total. The number of nitrogens with two attached hydrogens (primary N) is 3. The maximum atomic E-state index is 14.4. The summed E-state index contributed by atoms with van der Waals surface area (Å²) in [6, 6.07) is 0.946. The van der Waals surface area contributed by atoms with Gasteiger partial charge in [-0.2, -0.15) is 4.98 Å². The highest BCUT2D eigenvalue weighted by Gasteiger charge is 2.35. The second-order valence-corrected chi connectivity index (χ2v) is 21.7. The number of amides is 5. The number of nitrogens with zero attached hydrogens (tertiary/aromatic N) is 4. The number of anilines is 2. The lowest BCUT2D eigenvalue weighted by Crippen LogP contribution is -2.49. The zero-order chi connectivity index (χ0) is 69.6. The van der Waals surface area contributed by atoms with E-state index in [1.165, 1.54) is 37.4 Å². The fourth-order valence-electron chi connectivity index (χ4n) is 9.02. The van der Waals surface area contributed by atoms with Crippen molar-refractivity contribution < 1.29 is 109 Å². The number of carboxylic acid groups (broad SMARTS) is 2. The summed E-state index contributed by atoms with van der Waals surface area (Å²) in [5.41, 5.74) is 16.5. The molecule has 516 valence electrons. The minimum absolute atomic E-state index is 0.0169. The van der Waals surface area contributed by atoms with Crippen molar-refractivity contribution in [1.82, 2.24) is 46.5 Å². The van der Waals surface area contributed by atoms with E-state index >= 15 is 0 Å². The van der Waals surface area contributed by atoms with Crippen molar-refractivity contribution in [1.29, 1.82) is 0 Å². The number of aliphatic carboxylic acids is 2. The monoisotopic (exact) mass is 1320 g/mol. The summed E-state index contributed by atoms with van der Waals surface area (Å²) >= 11 is 0. The zero-order valence-electron chi connectivity index (χ0n) is 50.7. The quantitative estimate of drug-likeness (QED) is 0.0142. The standard InChI is InChI=1S/C56H84N14O23/c1-2-35(74)32(4-3-17-60-55(57)58)66-52(90)28(8-15-42(81)63-23-38(77)46(85)48(87)40(79)25-72)19-36(75)33(13-16-43(82)83)67-51(89)27(7-14-41(80)62-22-37(76)45(84)47(86)39(78)24-71)18-31(73)11-12-34(54(92)93)68-50(88)26-5-9-29(10-6-26)61-20-30-21-64-49-44(65-30)53(91)70-56(59)69-49/h5-6,9-10,21,27-28,32-34,37-40,45-48,61,71-72,76-79,84-87H,2-4,7-8,11-20,22-25H2,1H3,(H,62,80)(H,63,81)(H,66,90)(H,67,89)(H,68,88)(H,82,83)(H,92,93)(H4,57,58,60)(H3,59,64,69,70,91)/t27-,28-,32+,33+,34+,37+,38+,39-,40-,45-,46-,47-,48-/m1/s1. The Bertz CT molecular complexity index is 3100. The Kier molecular flexibility index (Phi) is 33.4. The van der Waals surface area contributed by atoms with Gasteiger partial charge in [-0.15, -0.1) is 0 Å². The van der Waals surface area contributed by atoms with E-state index in [4.69, 9.17) is 27.4 Å².